The summed E-state index contributed by atoms with van der Waals surface area (Å²) in [5.74, 6) is -0.443. The van der Waals surface area contributed by atoms with Crippen LogP contribution in [0.2, 0.25) is 0 Å². The predicted molar refractivity (Wildman–Crippen MR) is 110 cm³/mol. The van der Waals surface area contributed by atoms with Crippen LogP contribution in [0, 0.1) is 0 Å². The van der Waals surface area contributed by atoms with Crippen LogP contribution < -0.4 is 19.9 Å². The Labute approximate surface area is 164 Å². The minimum atomic E-state index is -0.470. The molecule has 0 radical (unpaired) electrons. The average Bonchev–Trinajstić information content (AvgIpc) is 2.79. The molecule has 2 aliphatic rings. The molecule has 4 nitrogen and oxygen atoms in total. The highest BCUT2D eigenvalue weighted by atomic mass is 16.6. The highest BCUT2D eigenvalue weighted by molar-refractivity contribution is 5.87. The van der Waals surface area contributed by atoms with Crippen molar-refractivity contribution in [1.29, 1.82) is 0 Å². The Bertz CT molecular complexity index is 1140. The van der Waals surface area contributed by atoms with Crippen LogP contribution in [0.15, 0.2) is 58.2 Å². The second-order valence-corrected chi connectivity index (χ2v) is 7.21. The van der Waals surface area contributed by atoms with Gasteiger partial charge in [0.05, 0.1) is 0 Å². The van der Waals surface area contributed by atoms with Crippen LogP contribution in [0.1, 0.15) is 41.5 Å². The molecule has 1 aromatic carbocycles. The van der Waals surface area contributed by atoms with E-state index in [1.54, 1.807) is 6.07 Å². The summed E-state index contributed by atoms with van der Waals surface area (Å²) in [4.78, 5) is 23.3. The monoisotopic (exact) mass is 376 g/mol. The smallest absolute Gasteiger partial charge is 0.308 e. The van der Waals surface area contributed by atoms with Crippen LogP contribution in [0.25, 0.3) is 11.6 Å². The van der Waals surface area contributed by atoms with Gasteiger partial charge in [0.15, 0.2) is 11.5 Å². The molecule has 2 aliphatic carbocycles. The molecule has 28 heavy (non-hydrogen) atoms. The Morgan fingerprint density at radius 2 is 1.46 bits per heavy atom. The normalized spacial score (nSPS) is 15.8. The Kier molecular flexibility index (Phi) is 5.23. The number of benzene rings is 1. The third-order valence-corrected chi connectivity index (χ3v) is 4.75. The van der Waals surface area contributed by atoms with Crippen molar-refractivity contribution < 1.29 is 19.1 Å². The number of fused-ring (bicyclic) bond motifs is 2. The van der Waals surface area contributed by atoms with E-state index in [2.05, 4.69) is 39.8 Å². The molecule has 0 heterocycles. The van der Waals surface area contributed by atoms with Gasteiger partial charge < -0.3 is 9.47 Å². The molecule has 0 atom stereocenters. The molecule has 0 saturated heterocycles. The van der Waals surface area contributed by atoms with Gasteiger partial charge in [0.2, 0.25) is 0 Å². The molecule has 0 bridgehead atoms. The van der Waals surface area contributed by atoms with E-state index in [1.807, 2.05) is 18.2 Å². The Balaban J connectivity index is 2.50. The maximum Gasteiger partial charge on any atom is 0.308 e. The molecule has 0 spiro atoms. The zero-order valence-corrected chi connectivity index (χ0v) is 17.1. The molecule has 0 amide bonds. The number of ether oxygens (including phenoxy) is 2. The van der Waals surface area contributed by atoms with Gasteiger partial charge in [0.25, 0.3) is 0 Å². The van der Waals surface area contributed by atoms with E-state index in [1.165, 1.54) is 25.0 Å². The summed E-state index contributed by atoms with van der Waals surface area (Å²) in [7, 11) is 0. The summed E-state index contributed by atoms with van der Waals surface area (Å²) in [6, 6.07) is 3.61. The average molecular weight is 376 g/mol. The summed E-state index contributed by atoms with van der Waals surface area (Å²) < 4.78 is 10.8. The summed E-state index contributed by atoms with van der Waals surface area (Å²) in [5.41, 5.74) is 6.84. The number of carbonyl (C=O) groups is 2. The third-order valence-electron chi connectivity index (χ3n) is 4.75. The lowest BCUT2D eigenvalue weighted by Gasteiger charge is -2.15. The number of allylic oxidation sites excluding steroid dienone is 8. The molecule has 0 N–H and O–H groups in total. The number of hydrogen-bond donors (Lipinski definition) is 0. The van der Waals surface area contributed by atoms with E-state index in [0.29, 0.717) is 0 Å². The zero-order valence-electron chi connectivity index (χ0n) is 17.1. The molecule has 0 saturated carbocycles. The SMILES string of the molecule is CC(=O)Oc1ccc2c(c1OC(C)=O)=CC=C(C)C1=C(C)C=C(C)C=C(C)C=21. The van der Waals surface area contributed by atoms with Crippen molar-refractivity contribution >= 4 is 23.6 Å². The van der Waals surface area contributed by atoms with E-state index in [9.17, 15) is 9.59 Å². The van der Waals surface area contributed by atoms with Crippen LogP contribution in [-0.4, -0.2) is 11.9 Å². The summed E-state index contributed by atoms with van der Waals surface area (Å²) in [5, 5.41) is 1.66. The largest absolute Gasteiger partial charge is 0.423 e. The van der Waals surface area contributed by atoms with Gasteiger partial charge in [-0.2, -0.15) is 0 Å². The first-order chi connectivity index (χ1) is 13.2. The Hall–Kier alpha value is -3.14. The molecular weight excluding hydrogens is 352 g/mol. The van der Waals surface area contributed by atoms with E-state index in [0.717, 1.165) is 32.7 Å². The number of rotatable bonds is 2. The minimum absolute atomic E-state index is 0.234. The predicted octanol–water partition coefficient (Wildman–Crippen LogP) is 3.65. The van der Waals surface area contributed by atoms with Crippen LogP contribution in [0.5, 0.6) is 11.5 Å². The van der Waals surface area contributed by atoms with Crippen molar-refractivity contribution in [1.82, 2.24) is 0 Å². The quantitative estimate of drug-likeness (QED) is 0.584. The lowest BCUT2D eigenvalue weighted by molar-refractivity contribution is -0.134. The van der Waals surface area contributed by atoms with Crippen molar-refractivity contribution in [3.05, 3.63) is 68.7 Å². The van der Waals surface area contributed by atoms with Crippen LogP contribution in [-0.2, 0) is 9.59 Å². The molecule has 0 unspecified atom stereocenters. The van der Waals surface area contributed by atoms with Gasteiger partial charge in [0.1, 0.15) is 0 Å². The van der Waals surface area contributed by atoms with E-state index >= 15 is 0 Å². The second kappa shape index (κ2) is 7.47. The topological polar surface area (TPSA) is 52.6 Å². The standard InChI is InChI=1S/C24H24O4/c1-13-11-15(3)22-14(2)7-8-20-19(23(22)16(4)12-13)9-10-21(27-17(5)25)24(20)28-18(6)26/h7-12H,1-6H3. The number of hydrogen-bond acceptors (Lipinski definition) is 4. The highest BCUT2D eigenvalue weighted by Gasteiger charge is 2.21. The second-order valence-electron chi connectivity index (χ2n) is 7.21. The zero-order chi connectivity index (χ0) is 20.6. The van der Waals surface area contributed by atoms with Gasteiger partial charge in [-0.25, -0.2) is 0 Å². The van der Waals surface area contributed by atoms with Gasteiger partial charge in [-0.15, -0.1) is 0 Å². The maximum absolute atomic E-state index is 11.8. The van der Waals surface area contributed by atoms with Gasteiger partial charge in [-0.05, 0) is 72.9 Å². The maximum atomic E-state index is 11.8. The summed E-state index contributed by atoms with van der Waals surface area (Å²) >= 11 is 0. The number of esters is 2. The molecule has 0 aromatic heterocycles. The van der Waals surface area contributed by atoms with Gasteiger partial charge in [0, 0.05) is 19.1 Å². The third kappa shape index (κ3) is 3.63. The Morgan fingerprint density at radius 1 is 0.786 bits per heavy atom. The lowest BCUT2D eigenvalue weighted by Crippen LogP contribution is -2.30. The van der Waals surface area contributed by atoms with E-state index < -0.39 is 11.9 Å². The van der Waals surface area contributed by atoms with Crippen molar-refractivity contribution in [2.45, 2.75) is 41.5 Å². The minimum Gasteiger partial charge on any atom is -0.423 e. The summed E-state index contributed by atoms with van der Waals surface area (Å²) in [6.45, 7) is 11.0. The lowest BCUT2D eigenvalue weighted by atomic mass is 9.89. The van der Waals surface area contributed by atoms with Gasteiger partial charge >= 0.3 is 11.9 Å². The van der Waals surface area contributed by atoms with Gasteiger partial charge in [-0.3, -0.25) is 9.59 Å². The molecule has 4 heteroatoms. The molecule has 0 fully saturated rings. The van der Waals surface area contributed by atoms with Crippen LogP contribution in [0.3, 0.4) is 0 Å². The molecule has 1 aromatic rings. The van der Waals surface area contributed by atoms with Crippen molar-refractivity contribution in [3.63, 3.8) is 0 Å². The first kappa shape index (κ1) is 19.6. The molecule has 3 rings (SSSR count). The van der Waals surface area contributed by atoms with Crippen molar-refractivity contribution in [3.8, 4) is 11.5 Å². The van der Waals surface area contributed by atoms with Gasteiger partial charge in [-0.1, -0.05) is 29.9 Å². The molecule has 0 aliphatic heterocycles. The van der Waals surface area contributed by atoms with Crippen molar-refractivity contribution in [2.24, 2.45) is 0 Å². The van der Waals surface area contributed by atoms with Crippen LogP contribution >= 0.6 is 0 Å². The van der Waals surface area contributed by atoms with Crippen LogP contribution in [0.4, 0.5) is 0 Å². The van der Waals surface area contributed by atoms with E-state index in [4.69, 9.17) is 9.47 Å². The first-order valence-electron chi connectivity index (χ1n) is 9.20. The molecular formula is C24H24O4. The Morgan fingerprint density at radius 3 is 2.11 bits per heavy atom. The fraction of sp³-hybridized carbons (Fsp3) is 0.250. The fourth-order valence-electron chi connectivity index (χ4n) is 3.86. The number of carbonyl (C=O) groups excluding carboxylic acids is 2. The molecule has 144 valence electrons. The van der Waals surface area contributed by atoms with E-state index in [-0.39, 0.29) is 11.5 Å². The highest BCUT2D eigenvalue weighted by Crippen LogP contribution is 2.34. The first-order valence-corrected chi connectivity index (χ1v) is 9.20. The fourth-order valence-corrected chi connectivity index (χ4v) is 3.86. The summed E-state index contributed by atoms with van der Waals surface area (Å²) in [6.07, 6.45) is 8.26. The van der Waals surface area contributed by atoms with Crippen molar-refractivity contribution in [2.75, 3.05) is 0 Å².